The van der Waals surface area contributed by atoms with Crippen LogP contribution in [0.15, 0.2) is 85.2 Å². The third kappa shape index (κ3) is 11.2. The summed E-state index contributed by atoms with van der Waals surface area (Å²) in [5.41, 5.74) is 4.78. The van der Waals surface area contributed by atoms with E-state index in [1.165, 1.54) is 11.1 Å². The molecule has 0 aliphatic carbocycles. The molecule has 1 N–H and O–H groups in total. The lowest BCUT2D eigenvalue weighted by atomic mass is 10.1. The van der Waals surface area contributed by atoms with Crippen molar-refractivity contribution in [2.45, 2.75) is 51.5 Å². The number of hydrogen-bond acceptors (Lipinski definition) is 11. The lowest BCUT2D eigenvalue weighted by molar-refractivity contribution is -0.133. The van der Waals surface area contributed by atoms with Crippen LogP contribution in [0, 0.1) is 0 Å². The fourth-order valence-corrected chi connectivity index (χ4v) is 7.01. The number of benzene rings is 2. The van der Waals surface area contributed by atoms with Crippen LogP contribution < -0.4 is 24.3 Å². The van der Waals surface area contributed by atoms with Crippen LogP contribution in [0.1, 0.15) is 60.6 Å². The van der Waals surface area contributed by atoms with Gasteiger partial charge < -0.3 is 34.0 Å². The van der Waals surface area contributed by atoms with Crippen molar-refractivity contribution in [2.75, 3.05) is 65.6 Å². The summed E-state index contributed by atoms with van der Waals surface area (Å²) in [6, 6.07) is 24.5. The van der Waals surface area contributed by atoms with E-state index in [1.807, 2.05) is 29.2 Å². The molecule has 13 heteroatoms. The Kier molecular flexibility index (Phi) is 14.4. The molecule has 2 aromatic heterocycles. The van der Waals surface area contributed by atoms with Gasteiger partial charge in [0.05, 0.1) is 0 Å². The minimum atomic E-state index is -0.158. The molecule has 2 atom stereocenters. The number of ketones is 1. The van der Waals surface area contributed by atoms with Gasteiger partial charge in [0.25, 0.3) is 11.8 Å². The maximum absolute atomic E-state index is 12.3. The minimum Gasteiger partial charge on any atom is -0.484 e. The van der Waals surface area contributed by atoms with Gasteiger partial charge in [-0.15, -0.1) is 0 Å². The summed E-state index contributed by atoms with van der Waals surface area (Å²) in [5.74, 6) is 2.83. The third-order valence-corrected chi connectivity index (χ3v) is 10.1. The van der Waals surface area contributed by atoms with Crippen LogP contribution in [0.4, 0.5) is 0 Å². The van der Waals surface area contributed by atoms with Crippen molar-refractivity contribution in [3.63, 3.8) is 0 Å². The van der Waals surface area contributed by atoms with E-state index in [9.17, 15) is 9.59 Å². The zero-order valence-electron chi connectivity index (χ0n) is 31.5. The summed E-state index contributed by atoms with van der Waals surface area (Å²) in [4.78, 5) is 38.5. The van der Waals surface area contributed by atoms with Crippen molar-refractivity contribution in [3.05, 3.63) is 107 Å². The van der Waals surface area contributed by atoms with E-state index in [1.54, 1.807) is 19.3 Å². The van der Waals surface area contributed by atoms with Crippen LogP contribution in [-0.4, -0.2) is 102 Å². The summed E-state index contributed by atoms with van der Waals surface area (Å²) >= 11 is 0. The minimum absolute atomic E-state index is 0. The number of nitrogens with one attached hydrogen (secondary N) is 1. The molecule has 0 spiro atoms. The first-order chi connectivity index (χ1) is 26.5. The Morgan fingerprint density at radius 2 is 1.16 bits per heavy atom. The predicted molar refractivity (Wildman–Crippen MR) is 214 cm³/mol. The van der Waals surface area contributed by atoms with Crippen molar-refractivity contribution in [1.82, 2.24) is 30.0 Å². The van der Waals surface area contributed by atoms with Crippen LogP contribution in [0.25, 0.3) is 0 Å². The second kappa shape index (κ2) is 19.8. The largest absolute Gasteiger partial charge is 0.484 e. The Balaban J connectivity index is 0.000000191. The van der Waals surface area contributed by atoms with Gasteiger partial charge in [0.2, 0.25) is 5.91 Å². The van der Waals surface area contributed by atoms with Gasteiger partial charge in [0.1, 0.15) is 19.0 Å². The normalized spacial score (nSPS) is 19.3. The molecule has 2 aromatic carbocycles. The quantitative estimate of drug-likeness (QED) is 0.232. The van der Waals surface area contributed by atoms with Gasteiger partial charge in [-0.05, 0) is 59.9 Å². The second-order valence-electron chi connectivity index (χ2n) is 14.2. The number of rotatable bonds is 10. The highest BCUT2D eigenvalue weighted by atomic mass is 32.1. The van der Waals surface area contributed by atoms with Crippen molar-refractivity contribution >= 4 is 25.2 Å². The summed E-state index contributed by atoms with van der Waals surface area (Å²) in [6.45, 7) is 12.0. The van der Waals surface area contributed by atoms with Crippen LogP contribution in [0.3, 0.4) is 0 Å². The van der Waals surface area contributed by atoms with Crippen molar-refractivity contribution in [1.29, 1.82) is 0 Å². The van der Waals surface area contributed by atoms with Gasteiger partial charge >= 0.3 is 0 Å². The van der Waals surface area contributed by atoms with Gasteiger partial charge in [-0.2, -0.15) is 13.5 Å². The molecular formula is C42H52N6O6S. The van der Waals surface area contributed by atoms with Gasteiger partial charge in [0.15, 0.2) is 23.7 Å². The lowest BCUT2D eigenvalue weighted by Gasteiger charge is -2.35. The Hall–Kier alpha value is -4.69. The average molecular weight is 769 g/mol. The van der Waals surface area contributed by atoms with Crippen molar-refractivity contribution in [3.8, 4) is 23.3 Å². The van der Waals surface area contributed by atoms with Gasteiger partial charge in [0, 0.05) is 90.7 Å². The third-order valence-electron chi connectivity index (χ3n) is 10.1. The zero-order chi connectivity index (χ0) is 37.1. The summed E-state index contributed by atoms with van der Waals surface area (Å²) in [7, 11) is 0. The molecule has 292 valence electrons. The van der Waals surface area contributed by atoms with Gasteiger partial charge in [-0.25, -0.2) is 9.97 Å². The lowest BCUT2D eigenvalue weighted by Crippen LogP contribution is -2.48. The molecule has 2 saturated heterocycles. The first kappa shape index (κ1) is 40.0. The van der Waals surface area contributed by atoms with Gasteiger partial charge in [-0.1, -0.05) is 48.5 Å². The number of carbonyl (C=O) groups is 2. The molecule has 8 rings (SSSR count). The Morgan fingerprint density at radius 3 is 1.65 bits per heavy atom. The van der Waals surface area contributed by atoms with Crippen molar-refractivity contribution < 1.29 is 28.5 Å². The zero-order valence-corrected chi connectivity index (χ0v) is 32.5. The number of piperazine rings is 2. The van der Waals surface area contributed by atoms with Crippen LogP contribution in [0.2, 0.25) is 0 Å². The maximum Gasteiger partial charge on any atom is 0.257 e. The van der Waals surface area contributed by atoms with Crippen LogP contribution in [-0.2, 0) is 22.7 Å². The number of fused-ring (bicyclic) bond motifs is 2. The predicted octanol–water partition coefficient (Wildman–Crippen LogP) is 5.11. The highest BCUT2D eigenvalue weighted by Crippen LogP contribution is 2.35. The van der Waals surface area contributed by atoms with Crippen molar-refractivity contribution in [2.24, 2.45) is 0 Å². The Morgan fingerprint density at radius 1 is 0.673 bits per heavy atom. The molecule has 4 aliphatic heterocycles. The number of aromatic nitrogens is 2. The molecule has 0 radical (unpaired) electrons. The maximum atomic E-state index is 12.3. The van der Waals surface area contributed by atoms with E-state index in [0.717, 1.165) is 82.3 Å². The first-order valence-electron chi connectivity index (χ1n) is 19.1. The molecule has 55 heavy (non-hydrogen) atoms. The van der Waals surface area contributed by atoms with E-state index in [4.69, 9.17) is 18.9 Å². The smallest absolute Gasteiger partial charge is 0.257 e. The number of pyridine rings is 2. The second-order valence-corrected chi connectivity index (χ2v) is 14.2. The molecule has 0 saturated carbocycles. The molecule has 12 nitrogen and oxygen atoms in total. The molecule has 1 amide bonds. The summed E-state index contributed by atoms with van der Waals surface area (Å²) in [5, 5.41) is 3.38. The molecule has 6 heterocycles. The topological polar surface area (TPSA) is 119 Å². The first-order valence-corrected chi connectivity index (χ1v) is 19.1. The van der Waals surface area contributed by atoms with E-state index in [0.29, 0.717) is 50.0 Å². The molecular weight excluding hydrogens is 717 g/mol. The highest BCUT2D eigenvalue weighted by molar-refractivity contribution is 7.59. The molecule has 4 aliphatic rings. The number of ether oxygens (including phenoxy) is 4. The standard InChI is InChI=1S/C24H29N3O4.C18H21N3O2.H2S/c1-18(28)4-2-6-23(29)27-14-12-26(13-15-27)16-19-7-9-20(10-8-19)22-17-30-21-5-3-11-25-24(21)31-22;1-2-16-18(20-7-1)23-17(13-22-16)15-5-3-14(4-6-15)12-21-10-8-19-9-11-21;/h3,5,7-11,22H,2,4,6,12-17H2,1H3;1-7,17,19H,8-13H2;1H2/t22-;17-;/m11./s1. The average Bonchev–Trinajstić information content (AvgIpc) is 3.22. The van der Waals surface area contributed by atoms with E-state index in [-0.39, 0.29) is 37.4 Å². The monoisotopic (exact) mass is 768 g/mol. The molecule has 4 aromatic rings. The number of nitrogens with zero attached hydrogens (tertiary/aromatic N) is 5. The highest BCUT2D eigenvalue weighted by Gasteiger charge is 2.25. The summed E-state index contributed by atoms with van der Waals surface area (Å²) in [6.07, 6.45) is 4.78. The molecule has 2 fully saturated rings. The van der Waals surface area contributed by atoms with E-state index in [2.05, 4.69) is 73.6 Å². The SMILES string of the molecule is CC(=O)CCCC(=O)N1CCN(Cc2ccc([C@H]3COc4cccnc4O3)cc2)CC1.S.c1cnc2c(c1)OC[C@H](c1ccc(CN3CCNCC3)cc1)O2. The molecule has 0 bridgehead atoms. The molecule has 0 unspecified atom stereocenters. The van der Waals surface area contributed by atoms with E-state index >= 15 is 0 Å². The van der Waals surface area contributed by atoms with E-state index < -0.39 is 0 Å². The Bertz CT molecular complexity index is 1830. The van der Waals surface area contributed by atoms with Crippen LogP contribution >= 0.6 is 13.5 Å². The number of Topliss-reactive ketones (excluding diaryl/α,β-unsaturated/α-hetero) is 1. The fraction of sp³-hybridized carbons (Fsp3) is 0.429. The Labute approximate surface area is 330 Å². The number of carbonyl (C=O) groups excluding carboxylic acids is 2. The van der Waals surface area contributed by atoms with Crippen LogP contribution in [0.5, 0.6) is 23.3 Å². The summed E-state index contributed by atoms with van der Waals surface area (Å²) < 4.78 is 23.4. The fourth-order valence-electron chi connectivity index (χ4n) is 7.01. The number of amides is 1. The van der Waals surface area contributed by atoms with Gasteiger partial charge in [-0.3, -0.25) is 14.6 Å². The number of hydrogen-bond donors (Lipinski definition) is 1.